The van der Waals surface area contributed by atoms with Gasteiger partial charge in [-0.05, 0) is 18.2 Å². The second kappa shape index (κ2) is 8.19. The van der Waals surface area contributed by atoms with Gasteiger partial charge in [-0.25, -0.2) is 0 Å². The number of hydrogen-bond donors (Lipinski definition) is 2. The zero-order valence-electron chi connectivity index (χ0n) is 15.2. The van der Waals surface area contributed by atoms with Crippen molar-refractivity contribution in [3.05, 3.63) is 63.7 Å². The first kappa shape index (κ1) is 20.2. The van der Waals surface area contributed by atoms with Crippen LogP contribution in [0.15, 0.2) is 42.5 Å². The lowest BCUT2D eigenvalue weighted by Crippen LogP contribution is -2.37. The van der Waals surface area contributed by atoms with E-state index >= 15 is 0 Å². The van der Waals surface area contributed by atoms with Crippen LogP contribution >= 0.6 is 0 Å². The molecular weight excluding hydrogens is 394 g/mol. The Morgan fingerprint density at radius 3 is 2.20 bits per heavy atom. The maximum atomic E-state index is 12.5. The molecule has 0 bridgehead atoms. The van der Waals surface area contributed by atoms with Crippen molar-refractivity contribution in [3.8, 4) is 6.07 Å². The second-order valence-electron chi connectivity index (χ2n) is 6.16. The number of imide groups is 1. The molecule has 150 valence electrons. The first-order valence-corrected chi connectivity index (χ1v) is 8.52. The molecule has 1 aliphatic rings. The van der Waals surface area contributed by atoms with Crippen LogP contribution in [-0.4, -0.2) is 40.0 Å². The molecule has 4 amide bonds. The molecule has 1 aliphatic heterocycles. The highest BCUT2D eigenvalue weighted by Crippen LogP contribution is 2.27. The molecule has 2 aromatic rings. The minimum absolute atomic E-state index is 0.0254. The van der Waals surface area contributed by atoms with Gasteiger partial charge in [-0.3, -0.25) is 34.2 Å². The molecular formula is C19H13N5O6. The summed E-state index contributed by atoms with van der Waals surface area (Å²) in [7, 11) is 0. The number of hydrogen-bond acceptors (Lipinski definition) is 7. The molecule has 0 atom stereocenters. The largest absolute Gasteiger partial charge is 0.323 e. The number of anilines is 2. The van der Waals surface area contributed by atoms with E-state index in [1.165, 1.54) is 18.2 Å². The number of nitrogens with zero attached hydrogens (tertiary/aromatic N) is 3. The molecule has 0 radical (unpaired) electrons. The van der Waals surface area contributed by atoms with Crippen LogP contribution in [0.4, 0.5) is 17.1 Å². The molecule has 0 saturated carbocycles. The van der Waals surface area contributed by atoms with Crippen LogP contribution < -0.4 is 10.6 Å². The Morgan fingerprint density at radius 2 is 1.60 bits per heavy atom. The van der Waals surface area contributed by atoms with Gasteiger partial charge in [0.15, 0.2) is 0 Å². The average molecular weight is 407 g/mol. The quantitative estimate of drug-likeness (QED) is 0.418. The van der Waals surface area contributed by atoms with Crippen LogP contribution in [-0.2, 0) is 9.59 Å². The fourth-order valence-corrected chi connectivity index (χ4v) is 2.84. The highest BCUT2D eigenvalue weighted by atomic mass is 16.6. The van der Waals surface area contributed by atoms with Crippen molar-refractivity contribution in [2.75, 3.05) is 17.2 Å². The molecule has 1 heterocycles. The minimum atomic E-state index is -0.815. The normalized spacial score (nSPS) is 12.2. The number of rotatable bonds is 6. The third kappa shape index (κ3) is 3.97. The van der Waals surface area contributed by atoms with E-state index in [0.717, 1.165) is 12.1 Å². The summed E-state index contributed by atoms with van der Waals surface area (Å²) >= 11 is 0. The molecule has 0 fully saturated rings. The lowest BCUT2D eigenvalue weighted by molar-refractivity contribution is -0.384. The third-order valence-electron chi connectivity index (χ3n) is 4.18. The number of nitro benzene ring substituents is 1. The van der Waals surface area contributed by atoms with Crippen LogP contribution in [0.1, 0.15) is 27.1 Å². The number of nitriles is 1. The summed E-state index contributed by atoms with van der Waals surface area (Å²) in [5, 5.41) is 24.4. The summed E-state index contributed by atoms with van der Waals surface area (Å²) in [5.74, 6) is -2.85. The second-order valence-corrected chi connectivity index (χ2v) is 6.16. The van der Waals surface area contributed by atoms with Gasteiger partial charge >= 0.3 is 0 Å². The van der Waals surface area contributed by atoms with E-state index in [4.69, 9.17) is 5.26 Å². The SMILES string of the molecule is N#CCC(=O)Nc1ccccc1NC(=O)CN1C(=O)c2ccc([N+](=O)[O-])cc2C1=O. The Kier molecular flexibility index (Phi) is 5.50. The lowest BCUT2D eigenvalue weighted by atomic mass is 10.1. The van der Waals surface area contributed by atoms with E-state index in [-0.39, 0.29) is 34.6 Å². The van der Waals surface area contributed by atoms with E-state index in [0.29, 0.717) is 4.90 Å². The van der Waals surface area contributed by atoms with Gasteiger partial charge in [-0.15, -0.1) is 0 Å². The Hall–Kier alpha value is -4.59. The smallest absolute Gasteiger partial charge is 0.270 e. The van der Waals surface area contributed by atoms with E-state index in [2.05, 4.69) is 10.6 Å². The number of benzene rings is 2. The zero-order valence-corrected chi connectivity index (χ0v) is 15.2. The summed E-state index contributed by atoms with van der Waals surface area (Å²) in [6.45, 7) is -0.624. The molecule has 0 spiro atoms. The third-order valence-corrected chi connectivity index (χ3v) is 4.18. The Bertz CT molecular complexity index is 1140. The van der Waals surface area contributed by atoms with Gasteiger partial charge in [0.2, 0.25) is 11.8 Å². The standard InChI is InChI=1S/C19H13N5O6/c20-8-7-16(25)21-14-3-1-2-4-15(14)22-17(26)10-23-18(27)12-6-5-11(24(29)30)9-13(12)19(23)28/h1-6,9H,7,10H2,(H,21,25)(H,22,26). The maximum absolute atomic E-state index is 12.5. The van der Waals surface area contributed by atoms with Crippen LogP contribution in [0.25, 0.3) is 0 Å². The van der Waals surface area contributed by atoms with Gasteiger partial charge in [0.1, 0.15) is 13.0 Å². The topological polar surface area (TPSA) is 163 Å². The van der Waals surface area contributed by atoms with Gasteiger partial charge in [0.05, 0.1) is 33.5 Å². The van der Waals surface area contributed by atoms with Crippen molar-refractivity contribution >= 4 is 40.7 Å². The Labute approximate surface area is 169 Å². The van der Waals surface area contributed by atoms with Crippen molar-refractivity contribution in [3.63, 3.8) is 0 Å². The van der Waals surface area contributed by atoms with Crippen molar-refractivity contribution < 1.29 is 24.1 Å². The van der Waals surface area contributed by atoms with E-state index < -0.39 is 35.1 Å². The van der Waals surface area contributed by atoms with Crippen LogP contribution in [0.3, 0.4) is 0 Å². The number of fused-ring (bicyclic) bond motifs is 1. The predicted molar refractivity (Wildman–Crippen MR) is 102 cm³/mol. The van der Waals surface area contributed by atoms with E-state index in [9.17, 15) is 29.3 Å². The Morgan fingerprint density at radius 1 is 1.00 bits per heavy atom. The van der Waals surface area contributed by atoms with Gasteiger partial charge in [0, 0.05) is 12.1 Å². The molecule has 0 unspecified atom stereocenters. The van der Waals surface area contributed by atoms with Crippen molar-refractivity contribution in [2.24, 2.45) is 0 Å². The molecule has 11 heteroatoms. The summed E-state index contributed by atoms with van der Waals surface area (Å²) in [6.07, 6.45) is -0.372. The zero-order chi connectivity index (χ0) is 21.8. The molecule has 0 aliphatic carbocycles. The molecule has 11 nitrogen and oxygen atoms in total. The minimum Gasteiger partial charge on any atom is -0.323 e. The average Bonchev–Trinajstić information content (AvgIpc) is 2.94. The summed E-state index contributed by atoms with van der Waals surface area (Å²) in [4.78, 5) is 59.8. The highest BCUT2D eigenvalue weighted by Gasteiger charge is 2.37. The van der Waals surface area contributed by atoms with E-state index in [1.54, 1.807) is 18.2 Å². The predicted octanol–water partition coefficient (Wildman–Crippen LogP) is 1.68. The summed E-state index contributed by atoms with van der Waals surface area (Å²) < 4.78 is 0. The maximum Gasteiger partial charge on any atom is 0.270 e. The van der Waals surface area contributed by atoms with Crippen LogP contribution in [0.5, 0.6) is 0 Å². The van der Waals surface area contributed by atoms with Crippen molar-refractivity contribution in [1.82, 2.24) is 4.90 Å². The molecule has 0 saturated heterocycles. The number of para-hydroxylation sites is 2. The van der Waals surface area contributed by atoms with Crippen molar-refractivity contribution in [2.45, 2.75) is 6.42 Å². The number of carbonyl (C=O) groups excluding carboxylic acids is 4. The number of carbonyl (C=O) groups is 4. The Balaban J connectivity index is 1.74. The molecule has 2 aromatic carbocycles. The number of amides is 4. The lowest BCUT2D eigenvalue weighted by Gasteiger charge is -2.15. The van der Waals surface area contributed by atoms with Gasteiger partial charge in [0.25, 0.3) is 17.5 Å². The van der Waals surface area contributed by atoms with Gasteiger partial charge in [-0.1, -0.05) is 12.1 Å². The summed E-state index contributed by atoms with van der Waals surface area (Å²) in [6, 6.07) is 11.2. The van der Waals surface area contributed by atoms with Crippen molar-refractivity contribution in [1.29, 1.82) is 5.26 Å². The number of nitrogens with one attached hydrogen (secondary N) is 2. The fourth-order valence-electron chi connectivity index (χ4n) is 2.84. The monoisotopic (exact) mass is 407 g/mol. The summed E-state index contributed by atoms with van der Waals surface area (Å²) in [5.41, 5.74) is -0.0675. The van der Waals surface area contributed by atoms with Crippen LogP contribution in [0.2, 0.25) is 0 Å². The highest BCUT2D eigenvalue weighted by molar-refractivity contribution is 6.23. The first-order chi connectivity index (χ1) is 14.3. The van der Waals surface area contributed by atoms with E-state index in [1.807, 2.05) is 0 Å². The van der Waals surface area contributed by atoms with Gasteiger partial charge in [-0.2, -0.15) is 5.26 Å². The fraction of sp³-hybridized carbons (Fsp3) is 0.105. The first-order valence-electron chi connectivity index (χ1n) is 8.52. The molecule has 30 heavy (non-hydrogen) atoms. The van der Waals surface area contributed by atoms with Gasteiger partial charge < -0.3 is 10.6 Å². The molecule has 3 rings (SSSR count). The molecule has 0 aromatic heterocycles. The number of non-ortho nitro benzene ring substituents is 1. The molecule has 2 N–H and O–H groups in total. The number of nitro groups is 1. The van der Waals surface area contributed by atoms with Crippen LogP contribution in [0, 0.1) is 21.4 Å².